The fourth-order valence-electron chi connectivity index (χ4n) is 1.56. The van der Waals surface area contributed by atoms with Gasteiger partial charge in [0, 0.05) is 25.3 Å². The Morgan fingerprint density at radius 2 is 2.15 bits per heavy atom. The highest BCUT2D eigenvalue weighted by atomic mass is 19.1. The molecule has 1 aliphatic rings. The van der Waals surface area contributed by atoms with Crippen LogP contribution in [0, 0.1) is 5.82 Å². The molecule has 1 aromatic carbocycles. The summed E-state index contributed by atoms with van der Waals surface area (Å²) in [5.74, 6) is -0.181. The second-order valence-corrected chi connectivity index (χ2v) is 3.32. The summed E-state index contributed by atoms with van der Waals surface area (Å²) in [6, 6.07) is 4.80. The molecular weight excluding hydrogens is 167 g/mol. The molecule has 1 aliphatic heterocycles. The van der Waals surface area contributed by atoms with E-state index in [0.29, 0.717) is 6.54 Å². The molecule has 0 amide bonds. The molecule has 1 fully saturated rings. The van der Waals surface area contributed by atoms with Crippen molar-refractivity contribution >= 4 is 5.69 Å². The zero-order chi connectivity index (χ0) is 9.26. The van der Waals surface area contributed by atoms with Gasteiger partial charge >= 0.3 is 0 Å². The first-order valence-electron chi connectivity index (χ1n) is 4.54. The van der Waals surface area contributed by atoms with Crippen LogP contribution in [0.4, 0.5) is 10.1 Å². The zero-order valence-corrected chi connectivity index (χ0v) is 7.46. The smallest absolute Gasteiger partial charge is 0.125 e. The van der Waals surface area contributed by atoms with Gasteiger partial charge in [-0.1, -0.05) is 6.07 Å². The van der Waals surface area contributed by atoms with E-state index in [4.69, 9.17) is 5.73 Å². The summed E-state index contributed by atoms with van der Waals surface area (Å²) in [6.07, 6.45) is 1.19. The van der Waals surface area contributed by atoms with E-state index in [2.05, 4.69) is 4.90 Å². The predicted molar refractivity (Wildman–Crippen MR) is 51.1 cm³/mol. The normalized spacial score (nSPS) is 15.7. The van der Waals surface area contributed by atoms with Crippen molar-refractivity contribution < 1.29 is 4.39 Å². The number of halogens is 1. The molecule has 2 N–H and O–H groups in total. The van der Waals surface area contributed by atoms with Gasteiger partial charge in [0.05, 0.1) is 0 Å². The van der Waals surface area contributed by atoms with E-state index in [1.165, 1.54) is 12.5 Å². The Morgan fingerprint density at radius 1 is 1.38 bits per heavy atom. The molecule has 0 radical (unpaired) electrons. The molecule has 0 spiro atoms. The van der Waals surface area contributed by atoms with Gasteiger partial charge in [0.2, 0.25) is 0 Å². The van der Waals surface area contributed by atoms with Crippen molar-refractivity contribution in [1.29, 1.82) is 0 Å². The number of anilines is 1. The summed E-state index contributed by atoms with van der Waals surface area (Å²) < 4.78 is 12.9. The van der Waals surface area contributed by atoms with Gasteiger partial charge in [-0.3, -0.25) is 0 Å². The number of nitrogens with zero attached hydrogens (tertiary/aromatic N) is 1. The highest BCUT2D eigenvalue weighted by Gasteiger charge is 2.17. The molecule has 0 bridgehead atoms. The van der Waals surface area contributed by atoms with E-state index in [1.54, 1.807) is 12.1 Å². The third-order valence-electron chi connectivity index (χ3n) is 2.46. The van der Waals surface area contributed by atoms with Gasteiger partial charge in [0.15, 0.2) is 0 Å². The third-order valence-corrected chi connectivity index (χ3v) is 2.46. The molecule has 3 heteroatoms. The summed E-state index contributed by atoms with van der Waals surface area (Å²) >= 11 is 0. The fraction of sp³-hybridized carbons (Fsp3) is 0.400. The second-order valence-electron chi connectivity index (χ2n) is 3.32. The Morgan fingerprint density at radius 3 is 2.69 bits per heavy atom. The molecule has 2 nitrogen and oxygen atoms in total. The molecule has 0 unspecified atom stereocenters. The van der Waals surface area contributed by atoms with Gasteiger partial charge in [-0.05, 0) is 24.1 Å². The van der Waals surface area contributed by atoms with Gasteiger partial charge in [-0.25, -0.2) is 4.39 Å². The summed E-state index contributed by atoms with van der Waals surface area (Å²) in [4.78, 5) is 2.16. The van der Waals surface area contributed by atoms with Crippen molar-refractivity contribution in [3.63, 3.8) is 0 Å². The van der Waals surface area contributed by atoms with Crippen molar-refractivity contribution in [2.75, 3.05) is 18.0 Å². The lowest BCUT2D eigenvalue weighted by atomic mass is 10.1. The van der Waals surface area contributed by atoms with Crippen molar-refractivity contribution in [1.82, 2.24) is 0 Å². The van der Waals surface area contributed by atoms with Crippen LogP contribution < -0.4 is 10.6 Å². The maximum atomic E-state index is 12.9. The van der Waals surface area contributed by atoms with E-state index in [0.717, 1.165) is 24.3 Å². The van der Waals surface area contributed by atoms with E-state index >= 15 is 0 Å². The number of rotatable bonds is 2. The van der Waals surface area contributed by atoms with E-state index < -0.39 is 0 Å². The minimum Gasteiger partial charge on any atom is -0.371 e. The van der Waals surface area contributed by atoms with Gasteiger partial charge in [-0.15, -0.1) is 0 Å². The molecule has 2 rings (SSSR count). The van der Waals surface area contributed by atoms with Crippen molar-refractivity contribution in [2.45, 2.75) is 13.0 Å². The summed E-state index contributed by atoms with van der Waals surface area (Å²) in [6.45, 7) is 2.53. The van der Waals surface area contributed by atoms with Crippen LogP contribution in [0.2, 0.25) is 0 Å². The summed E-state index contributed by atoms with van der Waals surface area (Å²) in [7, 11) is 0. The first-order chi connectivity index (χ1) is 6.31. The lowest BCUT2D eigenvalue weighted by Crippen LogP contribution is -2.37. The van der Waals surface area contributed by atoms with E-state index in [-0.39, 0.29) is 5.82 Å². The Balaban J connectivity index is 2.33. The van der Waals surface area contributed by atoms with Gasteiger partial charge in [-0.2, -0.15) is 0 Å². The SMILES string of the molecule is NCc1ccc(F)cc1N1CCC1. The highest BCUT2D eigenvalue weighted by Crippen LogP contribution is 2.25. The first kappa shape index (κ1) is 8.51. The maximum absolute atomic E-state index is 12.9. The van der Waals surface area contributed by atoms with E-state index in [9.17, 15) is 4.39 Å². The van der Waals surface area contributed by atoms with Crippen LogP contribution >= 0.6 is 0 Å². The maximum Gasteiger partial charge on any atom is 0.125 e. The second kappa shape index (κ2) is 3.34. The van der Waals surface area contributed by atoms with Crippen LogP contribution in [-0.2, 0) is 6.54 Å². The van der Waals surface area contributed by atoms with Gasteiger partial charge in [0.25, 0.3) is 0 Å². The Hall–Kier alpha value is -1.09. The molecule has 0 aromatic heterocycles. The van der Waals surface area contributed by atoms with Crippen LogP contribution in [0.15, 0.2) is 18.2 Å². The van der Waals surface area contributed by atoms with Crippen LogP contribution in [0.25, 0.3) is 0 Å². The molecule has 1 aromatic rings. The molecule has 0 atom stereocenters. The lowest BCUT2D eigenvalue weighted by Gasteiger charge is -2.34. The molecule has 1 heterocycles. The number of benzene rings is 1. The van der Waals surface area contributed by atoms with Crippen molar-refractivity contribution in [3.05, 3.63) is 29.6 Å². The average Bonchev–Trinajstić information content (AvgIpc) is 2.02. The van der Waals surface area contributed by atoms with Crippen molar-refractivity contribution in [2.24, 2.45) is 5.73 Å². The Kier molecular flexibility index (Phi) is 2.19. The molecular formula is C10H13FN2. The van der Waals surface area contributed by atoms with Gasteiger partial charge < -0.3 is 10.6 Å². The number of nitrogens with two attached hydrogens (primary N) is 1. The molecule has 0 aliphatic carbocycles. The monoisotopic (exact) mass is 180 g/mol. The fourth-order valence-corrected chi connectivity index (χ4v) is 1.56. The standard InChI is InChI=1S/C10H13FN2/c11-9-3-2-8(7-12)10(6-9)13-4-1-5-13/h2-3,6H,1,4-5,7,12H2. The average molecular weight is 180 g/mol. The van der Waals surface area contributed by atoms with Crippen LogP contribution in [0.5, 0.6) is 0 Å². The molecule has 70 valence electrons. The number of hydrogen-bond donors (Lipinski definition) is 1. The molecule has 1 saturated heterocycles. The van der Waals surface area contributed by atoms with E-state index in [1.807, 2.05) is 0 Å². The van der Waals surface area contributed by atoms with Crippen LogP contribution in [0.3, 0.4) is 0 Å². The van der Waals surface area contributed by atoms with Gasteiger partial charge in [0.1, 0.15) is 5.82 Å². The number of hydrogen-bond acceptors (Lipinski definition) is 2. The highest BCUT2D eigenvalue weighted by molar-refractivity contribution is 5.55. The summed E-state index contributed by atoms with van der Waals surface area (Å²) in [5, 5.41) is 0. The predicted octanol–water partition coefficient (Wildman–Crippen LogP) is 1.49. The third kappa shape index (κ3) is 1.52. The Bertz CT molecular complexity index is 308. The lowest BCUT2D eigenvalue weighted by molar-refractivity contribution is 0.600. The minimum atomic E-state index is -0.181. The molecule has 13 heavy (non-hydrogen) atoms. The molecule has 0 saturated carbocycles. The van der Waals surface area contributed by atoms with Crippen molar-refractivity contribution in [3.8, 4) is 0 Å². The van der Waals surface area contributed by atoms with Crippen LogP contribution in [-0.4, -0.2) is 13.1 Å². The largest absolute Gasteiger partial charge is 0.371 e. The summed E-state index contributed by atoms with van der Waals surface area (Å²) in [5.41, 5.74) is 7.56. The zero-order valence-electron chi connectivity index (χ0n) is 7.46. The minimum absolute atomic E-state index is 0.181. The first-order valence-corrected chi connectivity index (χ1v) is 4.54. The topological polar surface area (TPSA) is 29.3 Å². The Labute approximate surface area is 77.2 Å². The quantitative estimate of drug-likeness (QED) is 0.747. The van der Waals surface area contributed by atoms with Crippen LogP contribution in [0.1, 0.15) is 12.0 Å².